The highest BCUT2D eigenvalue weighted by atomic mass is 19.1. The Kier molecular flexibility index (Phi) is 3.16. The van der Waals surface area contributed by atoms with E-state index in [-0.39, 0.29) is 18.1 Å². The summed E-state index contributed by atoms with van der Waals surface area (Å²) < 4.78 is 14.0. The van der Waals surface area contributed by atoms with Gasteiger partial charge in [-0.05, 0) is 38.3 Å². The molecule has 2 atom stereocenters. The monoisotopic (exact) mass is 331 g/mol. The van der Waals surface area contributed by atoms with Gasteiger partial charge in [0.25, 0.3) is 11.8 Å². The quantitative estimate of drug-likeness (QED) is 0.776. The first-order chi connectivity index (χ1) is 11.4. The molecule has 4 amide bonds. The first-order valence-electron chi connectivity index (χ1n) is 8.16. The largest absolute Gasteiger partial charge is 0.328 e. The summed E-state index contributed by atoms with van der Waals surface area (Å²) in [5.41, 5.74) is -0.640. The van der Waals surface area contributed by atoms with Crippen molar-refractivity contribution in [1.29, 1.82) is 0 Å². The minimum Gasteiger partial charge on any atom is -0.310 e. The Morgan fingerprint density at radius 3 is 2.62 bits per heavy atom. The summed E-state index contributed by atoms with van der Waals surface area (Å²) in [6, 6.07) is 4.80. The number of halogens is 1. The molecule has 3 aliphatic rings. The van der Waals surface area contributed by atoms with E-state index in [9.17, 15) is 18.8 Å². The zero-order chi connectivity index (χ0) is 17.1. The number of hydrogen-bond acceptors (Lipinski definition) is 3. The third kappa shape index (κ3) is 1.84. The van der Waals surface area contributed by atoms with Crippen LogP contribution in [0.4, 0.5) is 14.9 Å². The number of nitrogens with zero attached hydrogens (tertiary/aromatic N) is 3. The second-order valence-electron chi connectivity index (χ2n) is 6.73. The molecule has 3 aliphatic heterocycles. The van der Waals surface area contributed by atoms with Crippen molar-refractivity contribution in [2.45, 2.75) is 37.8 Å². The fourth-order valence-corrected chi connectivity index (χ4v) is 4.06. The van der Waals surface area contributed by atoms with E-state index < -0.39 is 29.3 Å². The van der Waals surface area contributed by atoms with Gasteiger partial charge in [-0.25, -0.2) is 14.1 Å². The first kappa shape index (κ1) is 15.1. The third-order valence-corrected chi connectivity index (χ3v) is 5.39. The smallest absolute Gasteiger partial charge is 0.310 e. The maximum absolute atomic E-state index is 14.0. The summed E-state index contributed by atoms with van der Waals surface area (Å²) in [5, 5.41) is 0. The summed E-state index contributed by atoms with van der Waals surface area (Å²) in [6.45, 7) is 2.59. The molecule has 1 aromatic carbocycles. The zero-order valence-electron chi connectivity index (χ0n) is 13.4. The van der Waals surface area contributed by atoms with Gasteiger partial charge in [-0.2, -0.15) is 0 Å². The predicted molar refractivity (Wildman–Crippen MR) is 83.7 cm³/mol. The summed E-state index contributed by atoms with van der Waals surface area (Å²) >= 11 is 0. The van der Waals surface area contributed by atoms with E-state index in [1.807, 2.05) is 0 Å². The van der Waals surface area contributed by atoms with Gasteiger partial charge >= 0.3 is 6.03 Å². The SMILES string of the molecule is CC12CCCN1C(=O)N(C1CCN(c3ccccc3F)C1=O)C2=O. The maximum atomic E-state index is 14.0. The van der Waals surface area contributed by atoms with Crippen LogP contribution in [-0.4, -0.2) is 52.3 Å². The number of urea groups is 1. The van der Waals surface area contributed by atoms with E-state index in [1.165, 1.54) is 17.0 Å². The molecule has 3 heterocycles. The second-order valence-corrected chi connectivity index (χ2v) is 6.73. The molecule has 4 rings (SSSR count). The lowest BCUT2D eigenvalue weighted by Crippen LogP contribution is -2.47. The Labute approximate surface area is 138 Å². The third-order valence-electron chi connectivity index (χ3n) is 5.39. The topological polar surface area (TPSA) is 60.9 Å². The fourth-order valence-electron chi connectivity index (χ4n) is 4.06. The Morgan fingerprint density at radius 2 is 1.92 bits per heavy atom. The van der Waals surface area contributed by atoms with Gasteiger partial charge in [-0.1, -0.05) is 12.1 Å². The normalized spacial score (nSPS) is 29.8. The van der Waals surface area contributed by atoms with Crippen LogP contribution >= 0.6 is 0 Å². The molecule has 0 spiro atoms. The van der Waals surface area contributed by atoms with Gasteiger partial charge in [-0.15, -0.1) is 0 Å². The summed E-state index contributed by atoms with van der Waals surface area (Å²) in [5.74, 6) is -1.19. The summed E-state index contributed by atoms with van der Waals surface area (Å²) in [7, 11) is 0. The number of hydrogen-bond donors (Lipinski definition) is 0. The molecule has 7 heteroatoms. The highest BCUT2D eigenvalue weighted by Crippen LogP contribution is 2.40. The number of amides is 4. The lowest BCUT2D eigenvalue weighted by Gasteiger charge is -2.23. The van der Waals surface area contributed by atoms with Gasteiger partial charge in [0.2, 0.25) is 0 Å². The second kappa shape index (κ2) is 5.03. The minimum absolute atomic E-state index is 0.191. The van der Waals surface area contributed by atoms with E-state index in [2.05, 4.69) is 0 Å². The lowest BCUT2D eigenvalue weighted by molar-refractivity contribution is -0.136. The Hall–Kier alpha value is -2.44. The van der Waals surface area contributed by atoms with Crippen molar-refractivity contribution >= 4 is 23.5 Å². The molecule has 0 radical (unpaired) electrons. The van der Waals surface area contributed by atoms with Gasteiger partial charge in [-0.3, -0.25) is 9.59 Å². The predicted octanol–water partition coefficient (Wildman–Crippen LogP) is 1.75. The molecule has 0 aliphatic carbocycles. The van der Waals surface area contributed by atoms with Crippen molar-refractivity contribution in [3.63, 3.8) is 0 Å². The molecular weight excluding hydrogens is 313 g/mol. The Morgan fingerprint density at radius 1 is 1.17 bits per heavy atom. The molecule has 24 heavy (non-hydrogen) atoms. The van der Waals surface area contributed by atoms with Crippen molar-refractivity contribution < 1.29 is 18.8 Å². The van der Waals surface area contributed by atoms with E-state index >= 15 is 0 Å². The van der Waals surface area contributed by atoms with Gasteiger partial charge in [0, 0.05) is 13.1 Å². The molecule has 1 aromatic rings. The Balaban J connectivity index is 1.63. The van der Waals surface area contributed by atoms with E-state index in [1.54, 1.807) is 24.0 Å². The average Bonchev–Trinajstić information content (AvgIpc) is 3.17. The van der Waals surface area contributed by atoms with Crippen LogP contribution in [0.5, 0.6) is 0 Å². The molecule has 3 fully saturated rings. The van der Waals surface area contributed by atoms with Gasteiger partial charge in [0.05, 0.1) is 5.69 Å². The van der Waals surface area contributed by atoms with Crippen LogP contribution in [-0.2, 0) is 9.59 Å². The minimum atomic E-state index is -0.841. The summed E-state index contributed by atoms with van der Waals surface area (Å²) in [6.07, 6.45) is 1.74. The van der Waals surface area contributed by atoms with E-state index in [4.69, 9.17) is 0 Å². The first-order valence-corrected chi connectivity index (χ1v) is 8.16. The van der Waals surface area contributed by atoms with Crippen LogP contribution in [0.15, 0.2) is 24.3 Å². The molecule has 126 valence electrons. The van der Waals surface area contributed by atoms with E-state index in [0.29, 0.717) is 19.4 Å². The van der Waals surface area contributed by atoms with Crippen LogP contribution in [0.2, 0.25) is 0 Å². The molecular formula is C17H18FN3O3. The Bertz CT molecular complexity index is 752. The van der Waals surface area contributed by atoms with Crippen LogP contribution in [0, 0.1) is 5.82 Å². The number of imide groups is 1. The van der Waals surface area contributed by atoms with Crippen LogP contribution in [0.1, 0.15) is 26.2 Å². The highest BCUT2D eigenvalue weighted by Gasteiger charge is 2.60. The van der Waals surface area contributed by atoms with Gasteiger partial charge < -0.3 is 9.80 Å². The van der Waals surface area contributed by atoms with E-state index in [0.717, 1.165) is 11.3 Å². The van der Waals surface area contributed by atoms with Crippen molar-refractivity contribution in [2.24, 2.45) is 0 Å². The fraction of sp³-hybridized carbons (Fsp3) is 0.471. The van der Waals surface area contributed by atoms with Crippen molar-refractivity contribution in [3.8, 4) is 0 Å². The number of fused-ring (bicyclic) bond motifs is 1. The molecule has 0 N–H and O–H groups in total. The number of benzene rings is 1. The van der Waals surface area contributed by atoms with Gasteiger partial charge in [0.15, 0.2) is 0 Å². The summed E-state index contributed by atoms with van der Waals surface area (Å²) in [4.78, 5) is 42.2. The molecule has 2 unspecified atom stereocenters. The number of anilines is 1. The van der Waals surface area contributed by atoms with Crippen molar-refractivity contribution in [1.82, 2.24) is 9.80 Å². The molecule has 6 nitrogen and oxygen atoms in total. The lowest BCUT2D eigenvalue weighted by atomic mass is 9.99. The zero-order valence-corrected chi connectivity index (χ0v) is 13.4. The van der Waals surface area contributed by atoms with Crippen LogP contribution in [0.3, 0.4) is 0 Å². The van der Waals surface area contributed by atoms with Crippen LogP contribution < -0.4 is 4.90 Å². The van der Waals surface area contributed by atoms with Crippen molar-refractivity contribution in [3.05, 3.63) is 30.1 Å². The average molecular weight is 331 g/mol. The number of carbonyl (C=O) groups excluding carboxylic acids is 3. The highest BCUT2D eigenvalue weighted by molar-refractivity contribution is 6.12. The van der Waals surface area contributed by atoms with Crippen LogP contribution in [0.25, 0.3) is 0 Å². The maximum Gasteiger partial charge on any atom is 0.328 e. The molecule has 0 saturated carbocycles. The molecule has 0 bridgehead atoms. The molecule has 0 aromatic heterocycles. The number of para-hydroxylation sites is 1. The number of rotatable bonds is 2. The van der Waals surface area contributed by atoms with Crippen molar-refractivity contribution in [2.75, 3.05) is 18.0 Å². The van der Waals surface area contributed by atoms with Gasteiger partial charge in [0.1, 0.15) is 17.4 Å². The standard InChI is InChI=1S/C17H18FN3O3/c1-17-8-4-9-20(17)16(24)21(15(17)23)13-7-10-19(14(13)22)12-6-3-2-5-11(12)18/h2-3,5-6,13H,4,7-10H2,1H3. The molecule has 3 saturated heterocycles. The number of carbonyl (C=O) groups is 3.